The third-order valence-electron chi connectivity index (χ3n) is 9.07. The summed E-state index contributed by atoms with van der Waals surface area (Å²) in [6.07, 6.45) is 8.00. The van der Waals surface area contributed by atoms with E-state index in [0.717, 1.165) is 25.7 Å². The van der Waals surface area contributed by atoms with E-state index >= 15 is 0 Å². The van der Waals surface area contributed by atoms with E-state index in [1.165, 1.54) is 7.11 Å². The monoisotopic (exact) mass is 406 g/mol. The first-order valence-electron chi connectivity index (χ1n) is 10.8. The van der Waals surface area contributed by atoms with E-state index in [0.29, 0.717) is 12.5 Å². The molecule has 6 nitrogen and oxygen atoms in total. The Bertz CT molecular complexity index is 714. The van der Waals surface area contributed by atoms with E-state index in [1.54, 1.807) is 7.11 Å². The zero-order chi connectivity index (χ0) is 21.0. The van der Waals surface area contributed by atoms with Gasteiger partial charge in [-0.05, 0) is 42.9 Å². The van der Waals surface area contributed by atoms with E-state index in [-0.39, 0.29) is 41.6 Å². The van der Waals surface area contributed by atoms with Crippen LogP contribution >= 0.6 is 0 Å². The summed E-state index contributed by atoms with van der Waals surface area (Å²) in [5, 5.41) is 0. The number of rotatable bonds is 4. The molecule has 0 aromatic rings. The maximum atomic E-state index is 13.1. The zero-order valence-corrected chi connectivity index (χ0v) is 18.2. The molecule has 3 fully saturated rings. The second kappa shape index (κ2) is 7.09. The van der Waals surface area contributed by atoms with Crippen molar-refractivity contribution in [3.63, 3.8) is 0 Å². The van der Waals surface area contributed by atoms with Gasteiger partial charge in [-0.25, -0.2) is 0 Å². The van der Waals surface area contributed by atoms with E-state index in [9.17, 15) is 9.59 Å². The number of hydrogen-bond acceptors (Lipinski definition) is 6. The van der Waals surface area contributed by atoms with Gasteiger partial charge in [-0.15, -0.1) is 0 Å². The Kier molecular flexibility index (Phi) is 5.10. The third-order valence-corrected chi connectivity index (χ3v) is 9.07. The fourth-order valence-corrected chi connectivity index (χ4v) is 7.15. The first-order chi connectivity index (χ1) is 13.7. The van der Waals surface area contributed by atoms with Crippen molar-refractivity contribution in [3.8, 4) is 0 Å². The summed E-state index contributed by atoms with van der Waals surface area (Å²) in [5.74, 6) is -1.08. The van der Waals surface area contributed by atoms with Gasteiger partial charge in [0.1, 0.15) is 6.79 Å². The highest BCUT2D eigenvalue weighted by Gasteiger charge is 2.73. The van der Waals surface area contributed by atoms with Crippen molar-refractivity contribution >= 4 is 11.9 Å². The number of fused-ring (bicyclic) bond motifs is 1. The molecule has 29 heavy (non-hydrogen) atoms. The lowest BCUT2D eigenvalue weighted by Crippen LogP contribution is -2.70. The molecule has 2 spiro atoms. The zero-order valence-electron chi connectivity index (χ0n) is 18.2. The molecule has 0 unspecified atom stereocenters. The highest BCUT2D eigenvalue weighted by Crippen LogP contribution is 2.72. The molecule has 162 valence electrons. The minimum atomic E-state index is -0.486. The number of allylic oxidation sites excluding steroid dienone is 2. The maximum absolute atomic E-state index is 13.1. The highest BCUT2D eigenvalue weighted by atomic mass is 16.7. The van der Waals surface area contributed by atoms with Gasteiger partial charge in [0.2, 0.25) is 0 Å². The lowest BCUT2D eigenvalue weighted by atomic mass is 9.36. The van der Waals surface area contributed by atoms with Gasteiger partial charge in [0.25, 0.3) is 0 Å². The van der Waals surface area contributed by atoms with E-state index in [2.05, 4.69) is 32.9 Å². The van der Waals surface area contributed by atoms with Crippen molar-refractivity contribution < 1.29 is 28.5 Å². The molecular weight excluding hydrogens is 372 g/mol. The van der Waals surface area contributed by atoms with Gasteiger partial charge in [-0.3, -0.25) is 9.59 Å². The standard InChI is InChI=1S/C23H34O6/c1-14-10-16(29-13-26-4)11-23(21(14,2)3)12-28-20(25)18-17(19(24)27-5)15-6-8-22(18,23)9-7-15/h6,8,14-18H,7,9-13H2,1-5H3/t14-,15+,16+,17+,18+,22+,23-/m1/s1. The van der Waals surface area contributed by atoms with Crippen molar-refractivity contribution in [2.75, 3.05) is 27.6 Å². The lowest BCUT2D eigenvalue weighted by molar-refractivity contribution is -0.256. The summed E-state index contributed by atoms with van der Waals surface area (Å²) in [6.45, 7) is 7.50. The van der Waals surface area contributed by atoms with Crippen LogP contribution in [-0.2, 0) is 28.5 Å². The molecule has 0 N–H and O–H groups in total. The van der Waals surface area contributed by atoms with Crippen molar-refractivity contribution in [2.24, 2.45) is 39.9 Å². The Labute approximate surface area is 173 Å². The summed E-state index contributed by atoms with van der Waals surface area (Å²) in [6, 6.07) is 0. The molecule has 0 aromatic carbocycles. The molecule has 0 amide bonds. The Morgan fingerprint density at radius 1 is 1.31 bits per heavy atom. The molecule has 1 saturated heterocycles. The van der Waals surface area contributed by atoms with Crippen molar-refractivity contribution in [2.45, 2.75) is 52.6 Å². The number of carbonyl (C=O) groups is 2. The molecular formula is C23H34O6. The maximum Gasteiger partial charge on any atom is 0.310 e. The normalized spacial score (nSPS) is 45.0. The average Bonchev–Trinajstić information content (AvgIpc) is 2.72. The van der Waals surface area contributed by atoms with Crippen LogP contribution < -0.4 is 0 Å². The Balaban J connectivity index is 1.84. The minimum Gasteiger partial charge on any atom is -0.469 e. The van der Waals surface area contributed by atoms with Crippen LogP contribution in [0.1, 0.15) is 46.5 Å². The molecule has 7 atom stereocenters. The van der Waals surface area contributed by atoms with Gasteiger partial charge < -0.3 is 18.9 Å². The fourth-order valence-electron chi connectivity index (χ4n) is 7.15. The molecule has 1 aliphatic heterocycles. The Morgan fingerprint density at radius 3 is 2.69 bits per heavy atom. The lowest BCUT2D eigenvalue weighted by Gasteiger charge is -2.69. The molecule has 5 rings (SSSR count). The number of ether oxygens (including phenoxy) is 4. The van der Waals surface area contributed by atoms with Gasteiger partial charge in [0.05, 0.1) is 31.7 Å². The largest absolute Gasteiger partial charge is 0.469 e. The van der Waals surface area contributed by atoms with Crippen molar-refractivity contribution in [1.82, 2.24) is 0 Å². The second-order valence-electron chi connectivity index (χ2n) is 10.1. The molecule has 4 aliphatic carbocycles. The molecule has 0 aromatic heterocycles. The smallest absolute Gasteiger partial charge is 0.310 e. The summed E-state index contributed by atoms with van der Waals surface area (Å²) in [5.41, 5.74) is -0.806. The summed E-state index contributed by atoms with van der Waals surface area (Å²) in [7, 11) is 3.04. The van der Waals surface area contributed by atoms with Crippen molar-refractivity contribution in [3.05, 3.63) is 12.2 Å². The number of hydrogen-bond donors (Lipinski definition) is 0. The van der Waals surface area contributed by atoms with Crippen LogP contribution in [0.3, 0.4) is 0 Å². The predicted molar refractivity (Wildman–Crippen MR) is 106 cm³/mol. The molecule has 2 bridgehead atoms. The topological polar surface area (TPSA) is 71.1 Å². The molecule has 6 heteroatoms. The number of cyclic esters (lactones) is 1. The predicted octanol–water partition coefficient (Wildman–Crippen LogP) is 3.35. The number of methoxy groups -OCH3 is 2. The highest BCUT2D eigenvalue weighted by molar-refractivity contribution is 5.85. The van der Waals surface area contributed by atoms with Crippen LogP contribution in [0.4, 0.5) is 0 Å². The van der Waals surface area contributed by atoms with Gasteiger partial charge in [0.15, 0.2) is 0 Å². The first kappa shape index (κ1) is 20.9. The van der Waals surface area contributed by atoms with E-state index in [4.69, 9.17) is 18.9 Å². The average molecular weight is 407 g/mol. The van der Waals surface area contributed by atoms with Gasteiger partial charge >= 0.3 is 11.9 Å². The second-order valence-corrected chi connectivity index (χ2v) is 10.1. The third kappa shape index (κ3) is 2.67. The van der Waals surface area contributed by atoms with Crippen LogP contribution in [0.5, 0.6) is 0 Å². The van der Waals surface area contributed by atoms with Gasteiger partial charge in [-0.2, -0.15) is 0 Å². The summed E-state index contributed by atoms with van der Waals surface area (Å²) < 4.78 is 22.2. The van der Waals surface area contributed by atoms with Gasteiger partial charge in [-0.1, -0.05) is 32.9 Å². The Hall–Kier alpha value is -1.40. The molecule has 1 heterocycles. The van der Waals surface area contributed by atoms with Crippen LogP contribution in [0.15, 0.2) is 12.2 Å². The van der Waals surface area contributed by atoms with E-state index in [1.807, 2.05) is 0 Å². The number of carbonyl (C=O) groups excluding carboxylic acids is 2. The Morgan fingerprint density at radius 2 is 2.07 bits per heavy atom. The molecule has 0 radical (unpaired) electrons. The minimum absolute atomic E-state index is 0.0365. The summed E-state index contributed by atoms with van der Waals surface area (Å²) >= 11 is 0. The fraction of sp³-hybridized carbons (Fsp3) is 0.826. The van der Waals surface area contributed by atoms with Crippen molar-refractivity contribution in [1.29, 1.82) is 0 Å². The molecule has 2 saturated carbocycles. The van der Waals surface area contributed by atoms with E-state index < -0.39 is 17.3 Å². The SMILES string of the molecule is COCO[C@H]1C[C@@H](C)C(C)(C)[C@]2(COC(=O)[C@@H]3[C@@H](C(=O)OC)[C@H]4C=C[C@]32CC4)C1. The van der Waals surface area contributed by atoms with Crippen LogP contribution in [-0.4, -0.2) is 45.7 Å². The van der Waals surface area contributed by atoms with Crippen LogP contribution in [0, 0.1) is 39.9 Å². The first-order valence-corrected chi connectivity index (χ1v) is 10.8. The quantitative estimate of drug-likeness (QED) is 0.405. The molecule has 5 aliphatic rings. The van der Waals surface area contributed by atoms with Gasteiger partial charge in [0, 0.05) is 17.9 Å². The van der Waals surface area contributed by atoms with Crippen LogP contribution in [0.25, 0.3) is 0 Å². The summed E-state index contributed by atoms with van der Waals surface area (Å²) in [4.78, 5) is 25.9. The van der Waals surface area contributed by atoms with Crippen LogP contribution in [0.2, 0.25) is 0 Å². The number of esters is 2.